The summed E-state index contributed by atoms with van der Waals surface area (Å²) < 4.78 is 1.52. The van der Waals surface area contributed by atoms with Gasteiger partial charge in [-0.2, -0.15) is 5.10 Å². The number of fused-ring (bicyclic) bond motifs is 1. The Morgan fingerprint density at radius 3 is 2.82 bits per heavy atom. The number of nitrogens with zero attached hydrogens (tertiary/aromatic N) is 3. The van der Waals surface area contributed by atoms with Gasteiger partial charge >= 0.3 is 0 Å². The van der Waals surface area contributed by atoms with Crippen LogP contribution in [0.25, 0.3) is 10.9 Å². The van der Waals surface area contributed by atoms with Crippen molar-refractivity contribution in [3.05, 3.63) is 64.2 Å². The maximum atomic E-state index is 12.1. The van der Waals surface area contributed by atoms with Crippen molar-refractivity contribution in [3.8, 4) is 5.75 Å². The van der Waals surface area contributed by atoms with Gasteiger partial charge < -0.3 is 10.4 Å². The average Bonchev–Trinajstić information content (AvgIpc) is 3.19. The van der Waals surface area contributed by atoms with Crippen LogP contribution < -0.4 is 10.7 Å². The Balaban J connectivity index is 1.77. The zero-order valence-corrected chi connectivity index (χ0v) is 15.7. The first-order chi connectivity index (χ1) is 13.5. The molecule has 7 nitrogen and oxygen atoms in total. The summed E-state index contributed by atoms with van der Waals surface area (Å²) in [4.78, 5) is 28.5. The molecule has 0 bridgehead atoms. The molecule has 0 unspecified atom stereocenters. The summed E-state index contributed by atoms with van der Waals surface area (Å²) >= 11 is 0. The van der Waals surface area contributed by atoms with Gasteiger partial charge in [-0.05, 0) is 30.5 Å². The molecule has 1 aliphatic carbocycles. The molecule has 7 heteroatoms. The van der Waals surface area contributed by atoms with E-state index >= 15 is 0 Å². The number of nitrogens with one attached hydrogen (secondary N) is 1. The van der Waals surface area contributed by atoms with Gasteiger partial charge in [0, 0.05) is 24.0 Å². The van der Waals surface area contributed by atoms with E-state index in [1.165, 1.54) is 17.9 Å². The molecule has 0 radical (unpaired) electrons. The van der Waals surface area contributed by atoms with Crippen LogP contribution in [-0.4, -0.2) is 32.8 Å². The van der Waals surface area contributed by atoms with E-state index in [0.717, 1.165) is 42.1 Å². The van der Waals surface area contributed by atoms with Crippen LogP contribution in [0.2, 0.25) is 0 Å². The highest BCUT2D eigenvalue weighted by molar-refractivity contribution is 5.92. The predicted octanol–water partition coefficient (Wildman–Crippen LogP) is 2.37. The van der Waals surface area contributed by atoms with Crippen LogP contribution in [0.5, 0.6) is 5.75 Å². The zero-order chi connectivity index (χ0) is 19.7. The molecule has 28 heavy (non-hydrogen) atoms. The fourth-order valence-electron chi connectivity index (χ4n) is 4.17. The Hall–Kier alpha value is -3.22. The lowest BCUT2D eigenvalue weighted by Gasteiger charge is -2.30. The molecule has 2 heterocycles. The summed E-state index contributed by atoms with van der Waals surface area (Å²) in [7, 11) is 1.43. The van der Waals surface area contributed by atoms with Crippen LogP contribution in [-0.2, 0) is 12.0 Å². The van der Waals surface area contributed by atoms with E-state index in [4.69, 9.17) is 0 Å². The van der Waals surface area contributed by atoms with Gasteiger partial charge in [-0.15, -0.1) is 0 Å². The zero-order valence-electron chi connectivity index (χ0n) is 15.7. The second kappa shape index (κ2) is 7.07. The first kappa shape index (κ1) is 18.2. The van der Waals surface area contributed by atoms with Crippen LogP contribution in [0, 0.1) is 0 Å². The molecule has 2 aromatic heterocycles. The molecule has 0 spiro atoms. The van der Waals surface area contributed by atoms with Crippen LogP contribution >= 0.6 is 0 Å². The number of hydrogen-bond acceptors (Lipinski definition) is 5. The first-order valence-electron chi connectivity index (χ1n) is 9.40. The second-order valence-electron chi connectivity index (χ2n) is 7.37. The number of rotatable bonds is 4. The van der Waals surface area contributed by atoms with E-state index in [0.29, 0.717) is 6.54 Å². The van der Waals surface area contributed by atoms with Gasteiger partial charge in [0.1, 0.15) is 0 Å². The molecular formula is C21H22N4O3. The van der Waals surface area contributed by atoms with Crippen molar-refractivity contribution in [1.82, 2.24) is 20.1 Å². The molecule has 1 saturated carbocycles. The maximum absolute atomic E-state index is 12.1. The highest BCUT2D eigenvalue weighted by Gasteiger charge is 2.37. The predicted molar refractivity (Wildman–Crippen MR) is 105 cm³/mol. The van der Waals surface area contributed by atoms with Crippen molar-refractivity contribution < 1.29 is 9.90 Å². The van der Waals surface area contributed by atoms with Crippen molar-refractivity contribution in [2.75, 3.05) is 7.05 Å². The first-order valence-corrected chi connectivity index (χ1v) is 9.40. The van der Waals surface area contributed by atoms with E-state index < -0.39 is 17.1 Å². The molecule has 3 aromatic rings. The van der Waals surface area contributed by atoms with Gasteiger partial charge in [-0.25, -0.2) is 0 Å². The molecule has 1 fully saturated rings. The third-order valence-electron chi connectivity index (χ3n) is 5.63. The lowest BCUT2D eigenvalue weighted by molar-refractivity contribution is 0.0953. The summed E-state index contributed by atoms with van der Waals surface area (Å²) in [6.07, 6.45) is 7.21. The topological polar surface area (TPSA) is 97.1 Å². The van der Waals surface area contributed by atoms with E-state index in [9.17, 15) is 14.7 Å². The minimum Gasteiger partial charge on any atom is -0.503 e. The lowest BCUT2D eigenvalue weighted by atomic mass is 9.78. The van der Waals surface area contributed by atoms with E-state index in [1.54, 1.807) is 6.20 Å². The highest BCUT2D eigenvalue weighted by Crippen LogP contribution is 2.43. The number of aromatic hydroxyl groups is 1. The number of carbonyl (C=O) groups is 1. The Morgan fingerprint density at radius 2 is 2.07 bits per heavy atom. The Morgan fingerprint density at radius 1 is 1.29 bits per heavy atom. The van der Waals surface area contributed by atoms with E-state index in [2.05, 4.69) is 33.6 Å². The smallest absolute Gasteiger partial charge is 0.275 e. The van der Waals surface area contributed by atoms with Gasteiger partial charge in [0.15, 0.2) is 11.4 Å². The quantitative estimate of drug-likeness (QED) is 0.726. The second-order valence-corrected chi connectivity index (χ2v) is 7.37. The highest BCUT2D eigenvalue weighted by atomic mass is 16.3. The summed E-state index contributed by atoms with van der Waals surface area (Å²) in [6, 6.07) is 10.3. The Bertz CT molecular complexity index is 1100. The van der Waals surface area contributed by atoms with Gasteiger partial charge in [-0.1, -0.05) is 31.0 Å². The number of aromatic nitrogens is 3. The Labute approximate surface area is 162 Å². The lowest BCUT2D eigenvalue weighted by Crippen LogP contribution is -2.33. The summed E-state index contributed by atoms with van der Waals surface area (Å²) in [6.45, 7) is 0.475. The summed E-state index contributed by atoms with van der Waals surface area (Å²) in [5.41, 5.74) is 0.868. The molecule has 0 atom stereocenters. The van der Waals surface area contributed by atoms with Crippen molar-refractivity contribution in [2.24, 2.45) is 0 Å². The fraction of sp³-hybridized carbons (Fsp3) is 0.333. The number of hydrogen-bond donors (Lipinski definition) is 2. The normalized spacial score (nSPS) is 15.6. The molecule has 4 rings (SSSR count). The van der Waals surface area contributed by atoms with Gasteiger partial charge in [0.2, 0.25) is 0 Å². The van der Waals surface area contributed by atoms with Crippen LogP contribution in [0.15, 0.2) is 47.5 Å². The Kier molecular flexibility index (Phi) is 4.58. The van der Waals surface area contributed by atoms with Crippen molar-refractivity contribution in [2.45, 2.75) is 37.6 Å². The molecule has 0 saturated heterocycles. The largest absolute Gasteiger partial charge is 0.503 e. The minimum absolute atomic E-state index is 0.180. The standard InChI is InChI=1S/C21H22N4O3/c1-22-20(28)18-19(27)17(26)12-25(24-18)13-21(8-2-3-9-21)15-7-6-14-5-4-10-23-16(14)11-15/h4-7,10-12,26H,2-3,8-9,13H2,1H3,(H,22,28). The number of amides is 1. The maximum Gasteiger partial charge on any atom is 0.275 e. The van der Waals surface area contributed by atoms with E-state index in [1.807, 2.05) is 12.1 Å². The third kappa shape index (κ3) is 3.13. The van der Waals surface area contributed by atoms with Crippen molar-refractivity contribution in [1.29, 1.82) is 0 Å². The molecule has 2 N–H and O–H groups in total. The molecule has 144 valence electrons. The third-order valence-corrected chi connectivity index (χ3v) is 5.63. The van der Waals surface area contributed by atoms with Crippen LogP contribution in [0.4, 0.5) is 0 Å². The summed E-state index contributed by atoms with van der Waals surface area (Å²) in [5, 5.41) is 17.7. The number of benzene rings is 1. The van der Waals surface area contributed by atoms with Crippen molar-refractivity contribution in [3.63, 3.8) is 0 Å². The van der Waals surface area contributed by atoms with Gasteiger partial charge in [0.05, 0.1) is 18.3 Å². The van der Waals surface area contributed by atoms with Crippen LogP contribution in [0.3, 0.4) is 0 Å². The molecule has 1 aliphatic rings. The average molecular weight is 378 g/mol. The SMILES string of the molecule is CNC(=O)c1nn(CC2(c3ccc4cccnc4c3)CCCC2)cc(O)c1=O. The van der Waals surface area contributed by atoms with Gasteiger partial charge in [0.25, 0.3) is 11.3 Å². The molecular weight excluding hydrogens is 356 g/mol. The van der Waals surface area contributed by atoms with Crippen molar-refractivity contribution >= 4 is 16.8 Å². The van der Waals surface area contributed by atoms with Crippen LogP contribution in [0.1, 0.15) is 41.7 Å². The number of carbonyl (C=O) groups excluding carboxylic acids is 1. The number of pyridine rings is 1. The minimum atomic E-state index is -0.758. The fourth-order valence-corrected chi connectivity index (χ4v) is 4.17. The van der Waals surface area contributed by atoms with E-state index in [-0.39, 0.29) is 11.1 Å². The molecule has 1 amide bonds. The molecule has 0 aliphatic heterocycles. The molecule has 1 aromatic carbocycles. The summed E-state index contributed by atoms with van der Waals surface area (Å²) in [5.74, 6) is -1.08. The van der Waals surface area contributed by atoms with Gasteiger partial charge in [-0.3, -0.25) is 19.3 Å². The monoisotopic (exact) mass is 378 g/mol.